The van der Waals surface area contributed by atoms with Gasteiger partial charge in [-0.05, 0) is 6.07 Å². The number of rotatable bonds is 1. The zero-order valence-corrected chi connectivity index (χ0v) is 9.35. The van der Waals surface area contributed by atoms with Gasteiger partial charge in [-0.25, -0.2) is 0 Å². The van der Waals surface area contributed by atoms with Crippen LogP contribution >= 0.6 is 50.5 Å². The molecule has 0 amide bonds. The molecule has 0 unspecified atom stereocenters. The van der Waals surface area contributed by atoms with Crippen LogP contribution in [-0.4, -0.2) is 6.29 Å². The third kappa shape index (κ3) is 1.79. The molecule has 1 nitrogen and oxygen atoms in total. The van der Waals surface area contributed by atoms with E-state index in [1.165, 1.54) is 0 Å². The number of hydrogen-bond donors (Lipinski definition) is 4. The van der Waals surface area contributed by atoms with Crippen molar-refractivity contribution in [3.63, 3.8) is 0 Å². The molecule has 1 aromatic rings. The van der Waals surface area contributed by atoms with Gasteiger partial charge in [-0.15, -0.1) is 50.5 Å². The number of benzene rings is 1. The molecule has 0 fully saturated rings. The maximum Gasteiger partial charge on any atom is 0.234 e. The van der Waals surface area contributed by atoms with Crippen LogP contribution < -0.4 is 0 Å². The molecule has 0 N–H and O–H groups in total. The van der Waals surface area contributed by atoms with Crippen LogP contribution in [0.25, 0.3) is 0 Å². The lowest BCUT2D eigenvalue weighted by Crippen LogP contribution is -1.88. The molecule has 0 aliphatic heterocycles. The molecule has 5 heteroatoms. The number of carbonyl (C=O) groups excluding carboxylic acids is 1. The molecular formula is C7H5OS4. The zero-order valence-electron chi connectivity index (χ0n) is 5.77. The Labute approximate surface area is 92.6 Å². The van der Waals surface area contributed by atoms with Crippen LogP contribution in [0.2, 0.25) is 0 Å². The minimum absolute atomic E-state index is 0.353. The molecule has 1 radical (unpaired) electrons. The summed E-state index contributed by atoms with van der Waals surface area (Å²) in [6, 6.07) is 1.56. The summed E-state index contributed by atoms with van der Waals surface area (Å²) in [5.74, 6) is 0. The van der Waals surface area contributed by atoms with Gasteiger partial charge in [-0.2, -0.15) is 0 Å². The molecule has 0 saturated heterocycles. The predicted molar refractivity (Wildman–Crippen MR) is 60.2 cm³/mol. The SMILES string of the molecule is O=[C]c1cc(S)c(S)c(S)c1S. The van der Waals surface area contributed by atoms with E-state index in [1.807, 2.05) is 0 Å². The standard InChI is InChI=1S/C7H5OS4/c8-2-3-1-4(9)6(11)7(12)5(3)10/h1,9-12H. The topological polar surface area (TPSA) is 17.1 Å². The summed E-state index contributed by atoms with van der Waals surface area (Å²) in [6.45, 7) is 0. The Morgan fingerprint density at radius 2 is 1.58 bits per heavy atom. The Hall–Kier alpha value is 0.290. The van der Waals surface area contributed by atoms with Crippen molar-refractivity contribution in [2.24, 2.45) is 0 Å². The van der Waals surface area contributed by atoms with Crippen LogP contribution in [-0.2, 0) is 4.79 Å². The van der Waals surface area contributed by atoms with Crippen molar-refractivity contribution in [3.8, 4) is 0 Å². The van der Waals surface area contributed by atoms with Gasteiger partial charge in [-0.1, -0.05) is 0 Å². The van der Waals surface area contributed by atoms with Crippen molar-refractivity contribution < 1.29 is 4.79 Å². The van der Waals surface area contributed by atoms with Crippen molar-refractivity contribution in [3.05, 3.63) is 11.6 Å². The highest BCUT2D eigenvalue weighted by Crippen LogP contribution is 2.32. The Balaban J connectivity index is 3.49. The molecule has 0 bridgehead atoms. The van der Waals surface area contributed by atoms with E-state index in [4.69, 9.17) is 0 Å². The molecule has 1 rings (SSSR count). The summed E-state index contributed by atoms with van der Waals surface area (Å²) < 4.78 is 0. The van der Waals surface area contributed by atoms with Crippen LogP contribution in [0.1, 0.15) is 5.56 Å². The summed E-state index contributed by atoms with van der Waals surface area (Å²) in [6.07, 6.45) is 1.75. The third-order valence-electron chi connectivity index (χ3n) is 1.34. The number of thiol groups is 4. The van der Waals surface area contributed by atoms with E-state index in [0.29, 0.717) is 25.1 Å². The summed E-state index contributed by atoms with van der Waals surface area (Å²) in [5.41, 5.74) is 0.353. The smallest absolute Gasteiger partial charge is 0.234 e. The lowest BCUT2D eigenvalue weighted by molar-refractivity contribution is 0.561. The average Bonchev–Trinajstić information content (AvgIpc) is 2.08. The molecule has 12 heavy (non-hydrogen) atoms. The quantitative estimate of drug-likeness (QED) is 0.548. The molecule has 0 saturated carbocycles. The van der Waals surface area contributed by atoms with Crippen LogP contribution in [0, 0.1) is 0 Å². The maximum atomic E-state index is 10.4. The monoisotopic (exact) mass is 233 g/mol. The largest absolute Gasteiger partial charge is 0.285 e. The van der Waals surface area contributed by atoms with Gasteiger partial charge in [0.25, 0.3) is 0 Å². The predicted octanol–water partition coefficient (Wildman–Crippen LogP) is 2.30. The Kier molecular flexibility index (Phi) is 3.46. The first-order valence-corrected chi connectivity index (χ1v) is 4.71. The fraction of sp³-hybridized carbons (Fsp3) is 0. The zero-order chi connectivity index (χ0) is 9.30. The highest BCUT2D eigenvalue weighted by molar-refractivity contribution is 7.86. The molecule has 0 atom stereocenters. The molecule has 63 valence electrons. The van der Waals surface area contributed by atoms with E-state index in [-0.39, 0.29) is 0 Å². The molecule has 0 aromatic heterocycles. The van der Waals surface area contributed by atoms with Gasteiger partial charge >= 0.3 is 0 Å². The van der Waals surface area contributed by atoms with Gasteiger partial charge in [0, 0.05) is 25.1 Å². The van der Waals surface area contributed by atoms with Gasteiger partial charge in [0.1, 0.15) is 0 Å². The Bertz CT molecular complexity index is 335. The van der Waals surface area contributed by atoms with Crippen LogP contribution in [0.4, 0.5) is 0 Å². The van der Waals surface area contributed by atoms with Gasteiger partial charge in [0.15, 0.2) is 0 Å². The Morgan fingerprint density at radius 1 is 1.00 bits per heavy atom. The summed E-state index contributed by atoms with van der Waals surface area (Å²) in [7, 11) is 0. The first-order valence-electron chi connectivity index (χ1n) is 2.93. The van der Waals surface area contributed by atoms with E-state index in [2.05, 4.69) is 50.5 Å². The van der Waals surface area contributed by atoms with E-state index >= 15 is 0 Å². The average molecular weight is 233 g/mol. The van der Waals surface area contributed by atoms with Crippen LogP contribution in [0.15, 0.2) is 25.6 Å². The van der Waals surface area contributed by atoms with Gasteiger partial charge in [0.05, 0.1) is 0 Å². The fourth-order valence-corrected chi connectivity index (χ4v) is 1.77. The molecule has 1 aromatic carbocycles. The lowest BCUT2D eigenvalue weighted by Gasteiger charge is -2.06. The third-order valence-corrected chi connectivity index (χ3v) is 3.60. The van der Waals surface area contributed by atoms with Crippen LogP contribution in [0.3, 0.4) is 0 Å². The minimum Gasteiger partial charge on any atom is -0.285 e. The van der Waals surface area contributed by atoms with E-state index < -0.39 is 0 Å². The molecule has 0 aliphatic rings. The first kappa shape index (κ1) is 10.4. The molecule has 0 heterocycles. The highest BCUT2D eigenvalue weighted by Gasteiger charge is 2.08. The second-order valence-corrected chi connectivity index (χ2v) is 3.91. The minimum atomic E-state index is 0.353. The second-order valence-electron chi connectivity index (χ2n) is 2.09. The lowest BCUT2D eigenvalue weighted by atomic mass is 10.2. The molecule has 0 aliphatic carbocycles. The number of hydrogen-bond acceptors (Lipinski definition) is 5. The van der Waals surface area contributed by atoms with Gasteiger partial charge in [0.2, 0.25) is 6.29 Å². The molecule has 0 spiro atoms. The van der Waals surface area contributed by atoms with E-state index in [1.54, 1.807) is 12.4 Å². The highest BCUT2D eigenvalue weighted by atomic mass is 32.1. The van der Waals surface area contributed by atoms with Crippen molar-refractivity contribution >= 4 is 56.8 Å². The van der Waals surface area contributed by atoms with Crippen molar-refractivity contribution in [1.82, 2.24) is 0 Å². The van der Waals surface area contributed by atoms with Crippen LogP contribution in [0.5, 0.6) is 0 Å². The van der Waals surface area contributed by atoms with Crippen molar-refractivity contribution in [2.45, 2.75) is 19.6 Å². The van der Waals surface area contributed by atoms with Gasteiger partial charge in [-0.3, -0.25) is 4.79 Å². The maximum absolute atomic E-state index is 10.4. The Morgan fingerprint density at radius 3 is 2.08 bits per heavy atom. The summed E-state index contributed by atoms with van der Waals surface area (Å²) in [5, 5.41) is 0. The fourth-order valence-electron chi connectivity index (χ4n) is 0.712. The van der Waals surface area contributed by atoms with Crippen molar-refractivity contribution in [2.75, 3.05) is 0 Å². The van der Waals surface area contributed by atoms with Crippen molar-refractivity contribution in [1.29, 1.82) is 0 Å². The van der Waals surface area contributed by atoms with E-state index in [0.717, 1.165) is 0 Å². The first-order chi connectivity index (χ1) is 5.57. The van der Waals surface area contributed by atoms with E-state index in [9.17, 15) is 4.79 Å². The summed E-state index contributed by atoms with van der Waals surface area (Å²) in [4.78, 5) is 12.6. The second kappa shape index (κ2) is 4.00. The summed E-state index contributed by atoms with van der Waals surface area (Å²) >= 11 is 16.4. The molecular weight excluding hydrogens is 228 g/mol. The van der Waals surface area contributed by atoms with Gasteiger partial charge < -0.3 is 0 Å². The normalized spacial score (nSPS) is 10.0.